The van der Waals surface area contributed by atoms with Gasteiger partial charge in [0.1, 0.15) is 5.82 Å². The van der Waals surface area contributed by atoms with Gasteiger partial charge >= 0.3 is 11.7 Å². The average Bonchev–Trinajstić information content (AvgIpc) is 3.01. The molecule has 0 bridgehead atoms. The van der Waals surface area contributed by atoms with E-state index in [9.17, 15) is 9.59 Å². The van der Waals surface area contributed by atoms with Crippen molar-refractivity contribution in [2.75, 3.05) is 0 Å². The van der Waals surface area contributed by atoms with Crippen molar-refractivity contribution in [2.45, 2.75) is 34.0 Å². The molecule has 7 nitrogen and oxygen atoms in total. The van der Waals surface area contributed by atoms with Crippen LogP contribution in [-0.2, 0) is 22.8 Å². The molecule has 0 N–H and O–H groups in total. The molecule has 1 aromatic heterocycles. The zero-order valence-electron chi connectivity index (χ0n) is 14.5. The van der Waals surface area contributed by atoms with E-state index in [1.807, 2.05) is 19.9 Å². The summed E-state index contributed by atoms with van der Waals surface area (Å²) in [7, 11) is 0. The van der Waals surface area contributed by atoms with Gasteiger partial charge in [-0.15, -0.1) is 6.42 Å². The monoisotopic (exact) mass is 340 g/mol. The van der Waals surface area contributed by atoms with Crippen molar-refractivity contribution in [1.29, 1.82) is 5.26 Å². The van der Waals surface area contributed by atoms with Crippen molar-refractivity contribution in [3.63, 3.8) is 0 Å². The highest BCUT2D eigenvalue weighted by Crippen LogP contribution is 2.59. The summed E-state index contributed by atoms with van der Waals surface area (Å²) in [5, 5.41) is 13.0. The van der Waals surface area contributed by atoms with Crippen molar-refractivity contribution in [2.24, 2.45) is 17.3 Å². The lowest BCUT2D eigenvalue weighted by molar-refractivity contribution is -0.150. The molecule has 0 amide bonds. The van der Waals surface area contributed by atoms with Gasteiger partial charge in [-0.25, -0.2) is 4.79 Å². The second-order valence-electron chi connectivity index (χ2n) is 6.47. The minimum absolute atomic E-state index is 0.106. The molecule has 130 valence electrons. The number of hydrogen-bond acceptors (Lipinski definition) is 5. The molecule has 2 atom stereocenters. The Morgan fingerprint density at radius 1 is 1.56 bits per heavy atom. The van der Waals surface area contributed by atoms with Gasteiger partial charge in [-0.2, -0.15) is 15.0 Å². The Morgan fingerprint density at radius 3 is 2.80 bits per heavy atom. The van der Waals surface area contributed by atoms with Crippen LogP contribution in [-0.4, -0.2) is 20.3 Å². The molecule has 0 unspecified atom stereocenters. The summed E-state index contributed by atoms with van der Waals surface area (Å²) in [5.41, 5.74) is -0.312. The number of hydrogen-bond donors (Lipinski definition) is 0. The van der Waals surface area contributed by atoms with E-state index in [2.05, 4.69) is 17.6 Å². The van der Waals surface area contributed by atoms with E-state index in [0.717, 1.165) is 4.68 Å². The van der Waals surface area contributed by atoms with Crippen molar-refractivity contribution >= 4 is 5.97 Å². The fraction of sp³-hybridized carbons (Fsp3) is 0.444. The molecule has 1 aromatic rings. The molecule has 0 aromatic carbocycles. The van der Waals surface area contributed by atoms with Crippen molar-refractivity contribution in [3.05, 3.63) is 40.6 Å². The number of nitriles is 1. The zero-order chi connectivity index (χ0) is 18.8. The highest BCUT2D eigenvalue weighted by molar-refractivity contribution is 5.78. The van der Waals surface area contributed by atoms with E-state index in [-0.39, 0.29) is 30.5 Å². The van der Waals surface area contributed by atoms with Gasteiger partial charge < -0.3 is 4.74 Å². The standard InChI is InChI=1S/C18H20N4O3/c1-6-8-21-12(3)20-22(17(21)24)11-25-16(23)15-14(18(15,4)5)9-13(7-2)10-19/h1,7,9,14-15H,2,8,11H2,3-5H3/b13-9-/t14-,15+/m1/s1. The van der Waals surface area contributed by atoms with Crippen LogP contribution in [0.4, 0.5) is 0 Å². The molecule has 0 aliphatic heterocycles. The minimum atomic E-state index is -0.427. The van der Waals surface area contributed by atoms with Crippen molar-refractivity contribution in [3.8, 4) is 18.4 Å². The first-order chi connectivity index (χ1) is 11.8. The maximum Gasteiger partial charge on any atom is 0.349 e. The van der Waals surface area contributed by atoms with E-state index >= 15 is 0 Å². The molecular weight excluding hydrogens is 320 g/mol. The molecule has 1 aliphatic carbocycles. The summed E-state index contributed by atoms with van der Waals surface area (Å²) in [6.45, 7) is 8.92. The van der Waals surface area contributed by atoms with Crippen LogP contribution in [0.25, 0.3) is 0 Å². The first-order valence-electron chi connectivity index (χ1n) is 7.76. The molecule has 1 saturated carbocycles. The molecule has 7 heteroatoms. The SMILES string of the molecule is C#CCn1c(C)nn(COC(=O)[C@@H]2[C@@H](/C=C(\C#N)C=C)C2(C)C)c1=O. The number of ether oxygens (including phenoxy) is 1. The smallest absolute Gasteiger partial charge is 0.349 e. The zero-order valence-corrected chi connectivity index (χ0v) is 14.5. The van der Waals surface area contributed by atoms with Crippen molar-refractivity contribution in [1.82, 2.24) is 14.3 Å². The Labute approximate surface area is 146 Å². The first-order valence-corrected chi connectivity index (χ1v) is 7.76. The summed E-state index contributed by atoms with van der Waals surface area (Å²) >= 11 is 0. The molecule has 1 heterocycles. The predicted molar refractivity (Wildman–Crippen MR) is 90.8 cm³/mol. The quantitative estimate of drug-likeness (QED) is 0.338. The van der Waals surface area contributed by atoms with Gasteiger partial charge in [-0.1, -0.05) is 38.5 Å². The average molecular weight is 340 g/mol. The third-order valence-electron chi connectivity index (χ3n) is 4.56. The molecule has 2 rings (SSSR count). The van der Waals surface area contributed by atoms with Crippen LogP contribution >= 0.6 is 0 Å². The number of rotatable bonds is 6. The fourth-order valence-electron chi connectivity index (χ4n) is 2.90. The summed E-state index contributed by atoms with van der Waals surface area (Å²) in [6, 6.07) is 2.02. The van der Waals surface area contributed by atoms with Gasteiger partial charge in [0, 0.05) is 5.57 Å². The Morgan fingerprint density at radius 2 is 2.24 bits per heavy atom. The van der Waals surface area contributed by atoms with Gasteiger partial charge in [0.25, 0.3) is 0 Å². The Bertz CT molecular complexity index is 874. The van der Waals surface area contributed by atoms with Gasteiger partial charge in [0.15, 0.2) is 6.73 Å². The third kappa shape index (κ3) is 3.41. The molecule has 0 spiro atoms. The summed E-state index contributed by atoms with van der Waals surface area (Å²) in [6.07, 6.45) is 8.41. The van der Waals surface area contributed by atoms with E-state index in [0.29, 0.717) is 11.4 Å². The predicted octanol–water partition coefficient (Wildman–Crippen LogP) is 1.40. The highest BCUT2D eigenvalue weighted by atomic mass is 16.5. The lowest BCUT2D eigenvalue weighted by Crippen LogP contribution is -2.27. The van der Waals surface area contributed by atoms with Crippen LogP contribution in [0.2, 0.25) is 0 Å². The molecule has 1 fully saturated rings. The van der Waals surface area contributed by atoms with E-state index in [4.69, 9.17) is 16.4 Å². The van der Waals surface area contributed by atoms with E-state index in [1.165, 1.54) is 10.6 Å². The van der Waals surface area contributed by atoms with E-state index in [1.54, 1.807) is 13.0 Å². The Kier molecular flexibility index (Phi) is 4.99. The lowest BCUT2D eigenvalue weighted by atomic mass is 10.1. The maximum atomic E-state index is 12.3. The number of carbonyl (C=O) groups excluding carboxylic acids is 1. The van der Waals surface area contributed by atoms with Crippen LogP contribution < -0.4 is 5.69 Å². The second kappa shape index (κ2) is 6.82. The van der Waals surface area contributed by atoms with Gasteiger partial charge in [0.2, 0.25) is 0 Å². The van der Waals surface area contributed by atoms with Crippen LogP contribution in [0, 0.1) is 47.8 Å². The molecular formula is C18H20N4O3. The second-order valence-corrected chi connectivity index (χ2v) is 6.47. The molecule has 0 saturated heterocycles. The number of nitrogens with zero attached hydrogens (tertiary/aromatic N) is 4. The number of aryl methyl sites for hydroxylation is 1. The number of terminal acetylenes is 1. The van der Waals surface area contributed by atoms with E-state index < -0.39 is 11.7 Å². The molecule has 1 aliphatic rings. The highest BCUT2D eigenvalue weighted by Gasteiger charge is 2.61. The Balaban J connectivity index is 2.07. The first kappa shape index (κ1) is 18.3. The van der Waals surface area contributed by atoms with Crippen LogP contribution in [0.15, 0.2) is 29.1 Å². The van der Waals surface area contributed by atoms with Crippen LogP contribution in [0.1, 0.15) is 19.7 Å². The normalized spacial score (nSPS) is 21.1. The van der Waals surface area contributed by atoms with Crippen molar-refractivity contribution < 1.29 is 9.53 Å². The maximum absolute atomic E-state index is 12.3. The number of allylic oxidation sites excluding steroid dienone is 3. The fourth-order valence-corrected chi connectivity index (χ4v) is 2.90. The number of esters is 1. The summed E-state index contributed by atoms with van der Waals surface area (Å²) in [5.74, 6) is 1.93. The molecule has 25 heavy (non-hydrogen) atoms. The Hall–Kier alpha value is -3.06. The van der Waals surface area contributed by atoms with Crippen LogP contribution in [0.5, 0.6) is 0 Å². The third-order valence-corrected chi connectivity index (χ3v) is 4.56. The lowest BCUT2D eigenvalue weighted by Gasteiger charge is -2.04. The summed E-state index contributed by atoms with van der Waals surface area (Å²) in [4.78, 5) is 24.5. The number of carbonyl (C=O) groups is 1. The summed E-state index contributed by atoms with van der Waals surface area (Å²) < 4.78 is 7.64. The van der Waals surface area contributed by atoms with Gasteiger partial charge in [-0.3, -0.25) is 9.36 Å². The largest absolute Gasteiger partial charge is 0.442 e. The minimum Gasteiger partial charge on any atom is -0.442 e. The molecule has 0 radical (unpaired) electrons. The number of aromatic nitrogens is 3. The van der Waals surface area contributed by atoms with Gasteiger partial charge in [-0.05, 0) is 18.3 Å². The van der Waals surface area contributed by atoms with Gasteiger partial charge in [0.05, 0.1) is 18.5 Å². The topological polar surface area (TPSA) is 89.9 Å². The van der Waals surface area contributed by atoms with Crippen LogP contribution in [0.3, 0.4) is 0 Å².